The maximum atomic E-state index is 14.1. The van der Waals surface area contributed by atoms with Gasteiger partial charge in [0.1, 0.15) is 22.9 Å². The Morgan fingerprint density at radius 3 is 2.04 bits per heavy atom. The van der Waals surface area contributed by atoms with E-state index in [1.54, 1.807) is 22.7 Å². The molecular weight excluding hydrogens is 685 g/mol. The smallest absolute Gasteiger partial charge is 0.318 e. The molecule has 4 bridgehead atoms. The number of anilines is 2. The molecule has 4 N–H and O–H groups in total. The molecule has 6 aliphatic rings. The van der Waals surface area contributed by atoms with Gasteiger partial charge in [0.05, 0.1) is 16.8 Å². The normalized spacial score (nSPS) is 28.4. The maximum absolute atomic E-state index is 14.1. The van der Waals surface area contributed by atoms with E-state index in [0.29, 0.717) is 64.4 Å². The highest BCUT2D eigenvalue weighted by atomic mass is 32.1. The van der Waals surface area contributed by atoms with E-state index in [-0.39, 0.29) is 40.7 Å². The molecule has 6 aliphatic carbocycles. The Bertz CT molecular complexity index is 2430. The molecule has 0 spiro atoms. The first kappa shape index (κ1) is 31.0. The van der Waals surface area contributed by atoms with Crippen molar-refractivity contribution in [3.05, 3.63) is 58.5 Å². The van der Waals surface area contributed by atoms with Gasteiger partial charge < -0.3 is 25.6 Å². The largest absolute Gasteiger partial charge is 0.507 e. The van der Waals surface area contributed by atoms with Crippen LogP contribution >= 0.6 is 22.7 Å². The zero-order valence-corrected chi connectivity index (χ0v) is 29.8. The van der Waals surface area contributed by atoms with Crippen LogP contribution in [0.15, 0.2) is 47.2 Å². The topological polar surface area (TPSA) is 168 Å². The molecule has 258 valence electrons. The molecular formula is C37H34N8O4S2. The fraction of sp³-hybridized carbons (Fsp3) is 0.378. The van der Waals surface area contributed by atoms with Gasteiger partial charge in [-0.1, -0.05) is 6.92 Å². The number of benzene rings is 2. The fourth-order valence-electron chi connectivity index (χ4n) is 9.37. The minimum atomic E-state index is -0.631. The van der Waals surface area contributed by atoms with Gasteiger partial charge >= 0.3 is 5.97 Å². The summed E-state index contributed by atoms with van der Waals surface area (Å²) in [7, 11) is 0. The van der Waals surface area contributed by atoms with Crippen LogP contribution in [0.1, 0.15) is 50.4 Å². The molecule has 0 radical (unpaired) electrons. The van der Waals surface area contributed by atoms with Gasteiger partial charge in [-0.25, -0.2) is 9.97 Å². The van der Waals surface area contributed by atoms with E-state index in [1.807, 2.05) is 61.0 Å². The third-order valence-electron chi connectivity index (χ3n) is 12.2. The lowest BCUT2D eigenvalue weighted by Crippen LogP contribution is -2.80. The molecule has 4 heterocycles. The highest BCUT2D eigenvalue weighted by molar-refractivity contribution is 7.17. The lowest BCUT2D eigenvalue weighted by molar-refractivity contribution is -0.212. The number of rotatable bonds is 9. The number of aromatic nitrogens is 6. The number of esters is 1. The second kappa shape index (κ2) is 10.4. The lowest BCUT2D eigenvalue weighted by atomic mass is 9.33. The van der Waals surface area contributed by atoms with E-state index in [2.05, 4.69) is 38.0 Å². The molecule has 4 aromatic heterocycles. The highest BCUT2D eigenvalue weighted by Crippen LogP contribution is 2.72. The Labute approximate surface area is 300 Å². The zero-order valence-electron chi connectivity index (χ0n) is 28.1. The third-order valence-corrected chi connectivity index (χ3v) is 13.9. The summed E-state index contributed by atoms with van der Waals surface area (Å²) in [5.41, 5.74) is 2.75. The van der Waals surface area contributed by atoms with Crippen molar-refractivity contribution < 1.29 is 19.7 Å². The minimum absolute atomic E-state index is 0.0215. The summed E-state index contributed by atoms with van der Waals surface area (Å²) in [6, 6.07) is 11.6. The summed E-state index contributed by atoms with van der Waals surface area (Å²) in [6.07, 6.45) is 3.94. The van der Waals surface area contributed by atoms with Gasteiger partial charge in [-0.05, 0) is 99.0 Å². The quantitative estimate of drug-likeness (QED) is 0.0929. The first-order valence-corrected chi connectivity index (χ1v) is 18.8. The molecule has 6 saturated carbocycles. The van der Waals surface area contributed by atoms with Crippen LogP contribution in [-0.2, 0) is 4.79 Å². The molecule has 0 saturated heterocycles. The van der Waals surface area contributed by atoms with Crippen LogP contribution in [-0.4, -0.2) is 64.2 Å². The SMILES string of the molecule is Cc1nc(NC23CC(C(=O)Oc4c(-c5nnc(NC67CC(CO)(C6)C7)nc5C)ccc5sccc45)(C2)C3C)nnc1-c1ccc2sccc2c1O. The Balaban J connectivity index is 0.868. The van der Waals surface area contributed by atoms with Crippen molar-refractivity contribution >= 4 is 60.7 Å². The van der Waals surface area contributed by atoms with Gasteiger partial charge in [0, 0.05) is 54.4 Å². The summed E-state index contributed by atoms with van der Waals surface area (Å²) < 4.78 is 8.37. The van der Waals surface area contributed by atoms with Crippen LogP contribution < -0.4 is 15.4 Å². The standard InChI is InChI=1S/C37H34N8O4S2/c1-18-27(23-4-6-25-21(29(23)47)8-10-50-25)42-45-33(39-18)41-37-15-36(16-37,20(37)3)31(48)49-30-22-9-11-51-26(22)7-5-24(30)28-19(2)38-32(44-43-28)40-35-12-34(13-35,14-35)17-46/h4-11,20,46-47H,12-17H2,1-3H3,(H,38,40,44)(H,39,41,45). The molecule has 2 aromatic carbocycles. The fourth-order valence-corrected chi connectivity index (χ4v) is 10.9. The van der Waals surface area contributed by atoms with Gasteiger partial charge in [-0.2, -0.15) is 0 Å². The van der Waals surface area contributed by atoms with E-state index in [4.69, 9.17) is 14.7 Å². The van der Waals surface area contributed by atoms with E-state index < -0.39 is 5.41 Å². The molecule has 1 unspecified atom stereocenters. The molecule has 51 heavy (non-hydrogen) atoms. The number of thiophene rings is 2. The van der Waals surface area contributed by atoms with Gasteiger partial charge in [0.25, 0.3) is 0 Å². The van der Waals surface area contributed by atoms with Crippen LogP contribution in [0.2, 0.25) is 0 Å². The molecule has 0 amide bonds. The van der Waals surface area contributed by atoms with Crippen molar-refractivity contribution in [3.63, 3.8) is 0 Å². The van der Waals surface area contributed by atoms with Crippen LogP contribution in [0.25, 0.3) is 42.7 Å². The van der Waals surface area contributed by atoms with Gasteiger partial charge in [0.15, 0.2) is 0 Å². The summed E-state index contributed by atoms with van der Waals surface area (Å²) in [6.45, 7) is 6.03. The van der Waals surface area contributed by atoms with Crippen LogP contribution in [0.5, 0.6) is 11.5 Å². The predicted molar refractivity (Wildman–Crippen MR) is 195 cm³/mol. The lowest BCUT2D eigenvalue weighted by Gasteiger charge is -2.73. The zero-order chi connectivity index (χ0) is 34.9. The van der Waals surface area contributed by atoms with Crippen molar-refractivity contribution in [2.45, 2.75) is 64.0 Å². The Kier molecular flexibility index (Phi) is 6.31. The molecule has 12 rings (SSSR count). The Morgan fingerprint density at radius 1 is 0.824 bits per heavy atom. The number of hydrogen-bond donors (Lipinski definition) is 4. The second-order valence-electron chi connectivity index (χ2n) is 15.2. The maximum Gasteiger partial charge on any atom is 0.318 e. The number of aryl methyl sites for hydroxylation is 2. The molecule has 12 nitrogen and oxygen atoms in total. The number of nitrogens with zero attached hydrogens (tertiary/aromatic N) is 6. The van der Waals surface area contributed by atoms with E-state index >= 15 is 0 Å². The minimum Gasteiger partial charge on any atom is -0.507 e. The van der Waals surface area contributed by atoms with Crippen LogP contribution in [0.3, 0.4) is 0 Å². The number of phenols is 1. The number of aliphatic hydroxyl groups is 1. The first-order chi connectivity index (χ1) is 24.6. The van der Waals surface area contributed by atoms with Crippen molar-refractivity contribution in [2.24, 2.45) is 16.7 Å². The summed E-state index contributed by atoms with van der Waals surface area (Å²) in [5, 5.41) is 50.9. The number of nitrogens with one attached hydrogen (secondary N) is 2. The number of ether oxygens (including phenoxy) is 1. The average Bonchev–Trinajstić information content (AvgIpc) is 3.75. The van der Waals surface area contributed by atoms with Crippen LogP contribution in [0, 0.1) is 30.6 Å². The molecule has 1 atom stereocenters. The van der Waals surface area contributed by atoms with Gasteiger partial charge in [-0.3, -0.25) is 4.79 Å². The number of hydrogen-bond acceptors (Lipinski definition) is 14. The number of carbonyl (C=O) groups excluding carboxylic acids is 1. The Hall–Kier alpha value is -4.79. The summed E-state index contributed by atoms with van der Waals surface area (Å²) >= 11 is 3.16. The molecule has 6 aromatic rings. The predicted octanol–water partition coefficient (Wildman–Crippen LogP) is 6.66. The van der Waals surface area contributed by atoms with Gasteiger partial charge in [-0.15, -0.1) is 43.1 Å². The summed E-state index contributed by atoms with van der Waals surface area (Å²) in [5.74, 6) is 1.24. The Morgan fingerprint density at radius 2 is 1.41 bits per heavy atom. The number of aromatic hydroxyl groups is 1. The van der Waals surface area contributed by atoms with Crippen molar-refractivity contribution in [3.8, 4) is 34.0 Å². The van der Waals surface area contributed by atoms with E-state index in [0.717, 1.165) is 39.4 Å². The highest BCUT2D eigenvalue weighted by Gasteiger charge is 2.78. The van der Waals surface area contributed by atoms with Gasteiger partial charge in [0.2, 0.25) is 11.9 Å². The van der Waals surface area contributed by atoms with Crippen molar-refractivity contribution in [1.82, 2.24) is 30.4 Å². The molecule has 6 fully saturated rings. The average molecular weight is 719 g/mol. The number of carbonyl (C=O) groups is 1. The van der Waals surface area contributed by atoms with Crippen molar-refractivity contribution in [1.29, 1.82) is 0 Å². The third kappa shape index (κ3) is 4.29. The number of aliphatic hydroxyl groups excluding tert-OH is 1. The monoisotopic (exact) mass is 718 g/mol. The van der Waals surface area contributed by atoms with E-state index in [1.165, 1.54) is 0 Å². The first-order valence-electron chi connectivity index (χ1n) is 17.1. The number of fused-ring (bicyclic) bond motifs is 2. The van der Waals surface area contributed by atoms with E-state index in [9.17, 15) is 15.0 Å². The van der Waals surface area contributed by atoms with Crippen molar-refractivity contribution in [2.75, 3.05) is 17.2 Å². The summed E-state index contributed by atoms with van der Waals surface area (Å²) in [4.78, 5) is 23.5. The number of phenolic OH excluding ortho intramolecular Hbond substituents is 1. The van der Waals surface area contributed by atoms with Crippen LogP contribution in [0.4, 0.5) is 11.9 Å². The molecule has 0 aliphatic heterocycles. The second-order valence-corrected chi connectivity index (χ2v) is 17.1. The molecule has 14 heteroatoms.